The highest BCUT2D eigenvalue weighted by Gasteiger charge is 2.16. The fraction of sp³-hybridized carbons (Fsp3) is 0.190. The van der Waals surface area contributed by atoms with Crippen LogP contribution in [0.2, 0.25) is 0 Å². The number of hydrogen-bond donors (Lipinski definition) is 1. The lowest BCUT2D eigenvalue weighted by Crippen LogP contribution is -2.01. The molecule has 0 atom stereocenters. The van der Waals surface area contributed by atoms with E-state index in [4.69, 9.17) is 5.73 Å². The van der Waals surface area contributed by atoms with Crippen molar-refractivity contribution in [2.45, 2.75) is 11.4 Å². The van der Waals surface area contributed by atoms with Gasteiger partial charge >= 0.3 is 0 Å². The fourth-order valence-corrected chi connectivity index (χ4v) is 4.21. The van der Waals surface area contributed by atoms with E-state index in [1.165, 1.54) is 23.9 Å². The maximum absolute atomic E-state index is 14.8. The minimum atomic E-state index is -0.669. The zero-order chi connectivity index (χ0) is 20.5. The Morgan fingerprint density at radius 3 is 2.55 bits per heavy atom. The van der Waals surface area contributed by atoms with Crippen molar-refractivity contribution < 1.29 is 13.2 Å². The van der Waals surface area contributed by atoms with Crippen molar-refractivity contribution in [3.63, 3.8) is 0 Å². The fourth-order valence-electron chi connectivity index (χ4n) is 3.32. The molecule has 2 aromatic carbocycles. The molecular formula is C21H19F3N4S. The zero-order valence-corrected chi connectivity index (χ0v) is 16.5. The van der Waals surface area contributed by atoms with Crippen LogP contribution in [0.1, 0.15) is 5.56 Å². The molecule has 0 bridgehead atoms. The third kappa shape index (κ3) is 3.90. The van der Waals surface area contributed by atoms with Crippen LogP contribution in [-0.4, -0.2) is 26.6 Å². The van der Waals surface area contributed by atoms with E-state index < -0.39 is 11.6 Å². The molecule has 0 aliphatic rings. The molecule has 2 heterocycles. The number of halogens is 3. The molecule has 2 aromatic heterocycles. The Morgan fingerprint density at radius 2 is 1.86 bits per heavy atom. The van der Waals surface area contributed by atoms with Gasteiger partial charge in [-0.3, -0.25) is 4.68 Å². The second-order valence-corrected chi connectivity index (χ2v) is 7.89. The van der Waals surface area contributed by atoms with Gasteiger partial charge in [0.15, 0.2) is 0 Å². The Morgan fingerprint density at radius 1 is 1.03 bits per heavy atom. The topological polar surface area (TPSA) is 48.8 Å². The highest BCUT2D eigenvalue weighted by atomic mass is 32.2. The van der Waals surface area contributed by atoms with Crippen LogP contribution in [0, 0.1) is 17.5 Å². The molecule has 0 radical (unpaired) electrons. The van der Waals surface area contributed by atoms with E-state index in [-0.39, 0.29) is 12.4 Å². The number of hydrogen-bond acceptors (Lipinski definition) is 3. The summed E-state index contributed by atoms with van der Waals surface area (Å²) in [7, 11) is 1.80. The molecule has 0 saturated carbocycles. The van der Waals surface area contributed by atoms with Crippen molar-refractivity contribution in [2.75, 3.05) is 12.3 Å². The van der Waals surface area contributed by atoms with Gasteiger partial charge in [-0.1, -0.05) is 12.1 Å². The maximum atomic E-state index is 14.8. The number of aromatic nitrogens is 3. The number of thioether (sulfide) groups is 1. The first-order valence-corrected chi connectivity index (χ1v) is 10.0. The van der Waals surface area contributed by atoms with Gasteiger partial charge in [-0.15, -0.1) is 11.8 Å². The molecule has 2 N–H and O–H groups in total. The Kier molecular flexibility index (Phi) is 5.38. The molecule has 0 fully saturated rings. The van der Waals surface area contributed by atoms with Gasteiger partial charge in [0.05, 0.1) is 18.3 Å². The predicted molar refractivity (Wildman–Crippen MR) is 109 cm³/mol. The lowest BCUT2D eigenvalue weighted by atomic mass is 10.1. The molecule has 4 rings (SSSR count). The van der Waals surface area contributed by atoms with Crippen LogP contribution in [-0.2, 0) is 13.6 Å². The lowest BCUT2D eigenvalue weighted by molar-refractivity contribution is 0.589. The molecule has 0 aliphatic carbocycles. The monoisotopic (exact) mass is 416 g/mol. The summed E-state index contributed by atoms with van der Waals surface area (Å²) < 4.78 is 46.4. The number of rotatable bonds is 6. The second-order valence-electron chi connectivity index (χ2n) is 6.75. The summed E-state index contributed by atoms with van der Waals surface area (Å²) in [5, 5.41) is 4.43. The van der Waals surface area contributed by atoms with Gasteiger partial charge in [0, 0.05) is 59.2 Å². The van der Waals surface area contributed by atoms with Crippen LogP contribution < -0.4 is 5.73 Å². The highest BCUT2D eigenvalue weighted by molar-refractivity contribution is 7.99. The first-order chi connectivity index (χ1) is 14.0. The number of nitrogens with zero attached hydrogens (tertiary/aromatic N) is 3. The van der Waals surface area contributed by atoms with Gasteiger partial charge in [-0.05, 0) is 17.7 Å². The van der Waals surface area contributed by atoms with E-state index in [2.05, 4.69) is 5.10 Å². The Hall–Kier alpha value is -2.71. The minimum Gasteiger partial charge on any atom is -0.342 e. The highest BCUT2D eigenvalue weighted by Crippen LogP contribution is 2.33. The van der Waals surface area contributed by atoms with E-state index in [9.17, 15) is 13.2 Å². The summed E-state index contributed by atoms with van der Waals surface area (Å²) in [5.74, 6) is -1.09. The Balaban J connectivity index is 1.72. The zero-order valence-electron chi connectivity index (χ0n) is 15.7. The quantitative estimate of drug-likeness (QED) is 0.469. The number of benzene rings is 2. The Labute approximate surface area is 170 Å². The first-order valence-electron chi connectivity index (χ1n) is 9.04. The van der Waals surface area contributed by atoms with E-state index in [0.717, 1.165) is 11.6 Å². The Bertz CT molecular complexity index is 1180. The standard InChI is InChI=1S/C21H19F3N4S/c1-27-10-15(9-26-27)13-2-3-14(17(23)6-13)11-28-12-20(29-5-4-25)21-18(24)7-16(22)8-19(21)28/h2-3,6-10,12H,4-5,11,25H2,1H3. The SMILES string of the molecule is Cn1cc(-c2ccc(Cn3cc(SCCN)c4c(F)cc(F)cc43)c(F)c2)cn1. The number of aryl methyl sites for hydroxylation is 1. The van der Waals surface area contributed by atoms with Crippen LogP contribution in [0.5, 0.6) is 0 Å². The molecule has 29 heavy (non-hydrogen) atoms. The van der Waals surface area contributed by atoms with Gasteiger partial charge in [-0.25, -0.2) is 13.2 Å². The third-order valence-corrected chi connectivity index (χ3v) is 5.73. The summed E-state index contributed by atoms with van der Waals surface area (Å²) in [5.41, 5.74) is 7.90. The molecule has 150 valence electrons. The van der Waals surface area contributed by atoms with Gasteiger partial charge in [0.25, 0.3) is 0 Å². The lowest BCUT2D eigenvalue weighted by Gasteiger charge is -2.08. The molecule has 4 nitrogen and oxygen atoms in total. The van der Waals surface area contributed by atoms with Gasteiger partial charge in [0.2, 0.25) is 0 Å². The van der Waals surface area contributed by atoms with E-state index in [1.54, 1.807) is 41.0 Å². The summed E-state index contributed by atoms with van der Waals surface area (Å²) in [6, 6.07) is 7.08. The van der Waals surface area contributed by atoms with Crippen molar-refractivity contribution in [1.82, 2.24) is 14.3 Å². The first kappa shape index (κ1) is 19.6. The van der Waals surface area contributed by atoms with Crippen molar-refractivity contribution in [3.8, 4) is 11.1 Å². The molecular weight excluding hydrogens is 397 g/mol. The summed E-state index contributed by atoms with van der Waals surface area (Å²) in [6.45, 7) is 0.590. The smallest absolute Gasteiger partial charge is 0.136 e. The van der Waals surface area contributed by atoms with Crippen molar-refractivity contribution in [1.29, 1.82) is 0 Å². The molecule has 0 amide bonds. The van der Waals surface area contributed by atoms with Crippen molar-refractivity contribution in [2.24, 2.45) is 12.8 Å². The summed E-state index contributed by atoms with van der Waals surface area (Å²) in [6.07, 6.45) is 5.20. The molecule has 0 spiro atoms. The van der Waals surface area contributed by atoms with E-state index >= 15 is 0 Å². The molecule has 4 aromatic rings. The summed E-state index contributed by atoms with van der Waals surface area (Å²) >= 11 is 1.40. The number of fused-ring (bicyclic) bond motifs is 1. The minimum absolute atomic E-state index is 0.154. The van der Waals surface area contributed by atoms with Gasteiger partial charge in [0.1, 0.15) is 17.5 Å². The normalized spacial score (nSPS) is 11.5. The maximum Gasteiger partial charge on any atom is 0.136 e. The van der Waals surface area contributed by atoms with Gasteiger partial charge < -0.3 is 10.3 Å². The average Bonchev–Trinajstić information content (AvgIpc) is 3.25. The van der Waals surface area contributed by atoms with Gasteiger partial charge in [-0.2, -0.15) is 5.10 Å². The van der Waals surface area contributed by atoms with Crippen LogP contribution in [0.4, 0.5) is 13.2 Å². The van der Waals surface area contributed by atoms with Crippen LogP contribution in [0.15, 0.2) is 53.8 Å². The molecule has 0 saturated heterocycles. The van der Waals surface area contributed by atoms with Crippen molar-refractivity contribution >= 4 is 22.7 Å². The van der Waals surface area contributed by atoms with Crippen molar-refractivity contribution in [3.05, 3.63) is 71.9 Å². The van der Waals surface area contributed by atoms with Crippen LogP contribution in [0.3, 0.4) is 0 Å². The predicted octanol–water partition coefficient (Wildman–Crippen LogP) is 4.56. The molecule has 0 unspecified atom stereocenters. The van der Waals surface area contributed by atoms with Crippen LogP contribution >= 0.6 is 11.8 Å². The second kappa shape index (κ2) is 7.96. The number of nitrogens with two attached hydrogens (primary N) is 1. The average molecular weight is 416 g/mol. The van der Waals surface area contributed by atoms with Crippen LogP contribution in [0.25, 0.3) is 22.0 Å². The van der Waals surface area contributed by atoms with E-state index in [0.29, 0.717) is 39.2 Å². The third-order valence-electron chi connectivity index (χ3n) is 4.67. The van der Waals surface area contributed by atoms with E-state index in [1.807, 2.05) is 6.07 Å². The largest absolute Gasteiger partial charge is 0.342 e. The summed E-state index contributed by atoms with van der Waals surface area (Å²) in [4.78, 5) is 0.662. The molecule has 0 aliphatic heterocycles. The molecule has 8 heteroatoms.